The van der Waals surface area contributed by atoms with Crippen LogP contribution in [0.4, 0.5) is 0 Å². The molecule has 1 aliphatic carbocycles. The molecule has 1 aliphatic heterocycles. The molecule has 1 fully saturated rings. The Labute approximate surface area is 194 Å². The predicted molar refractivity (Wildman–Crippen MR) is 137 cm³/mol. The van der Waals surface area contributed by atoms with Gasteiger partial charge in [0.05, 0.1) is 11.4 Å². The summed E-state index contributed by atoms with van der Waals surface area (Å²) in [5, 5.41) is 7.02. The highest BCUT2D eigenvalue weighted by atomic mass is 15.1. The van der Waals surface area contributed by atoms with E-state index in [0.717, 1.165) is 56.4 Å². The molecule has 0 radical (unpaired) electrons. The van der Waals surface area contributed by atoms with Crippen LogP contribution >= 0.6 is 0 Å². The Balaban J connectivity index is 1.54. The fraction of sp³-hybridized carbons (Fsp3) is 0.556. The summed E-state index contributed by atoms with van der Waals surface area (Å²) in [5.41, 5.74) is 4.70. The number of rotatable bonds is 12. The second kappa shape index (κ2) is 12.0. The smallest absolute Gasteiger partial charge is 0.127 e. The number of allylic oxidation sites excluding steroid dienone is 1. The lowest BCUT2D eigenvalue weighted by molar-refractivity contribution is 0.219. The van der Waals surface area contributed by atoms with Crippen LogP contribution < -0.4 is 10.6 Å². The zero-order valence-electron chi connectivity index (χ0n) is 20.2. The van der Waals surface area contributed by atoms with Crippen molar-refractivity contribution in [1.82, 2.24) is 15.5 Å². The third-order valence-electron chi connectivity index (χ3n) is 6.28. The monoisotopic (exact) mass is 435 g/mol. The Kier molecular flexibility index (Phi) is 9.10. The molecule has 174 valence electrons. The second-order valence-corrected chi connectivity index (χ2v) is 9.80. The number of hydrogen-bond acceptors (Lipinski definition) is 5. The van der Waals surface area contributed by atoms with Crippen molar-refractivity contribution in [3.63, 3.8) is 0 Å². The van der Waals surface area contributed by atoms with E-state index in [9.17, 15) is 0 Å². The van der Waals surface area contributed by atoms with Gasteiger partial charge in [-0.15, -0.1) is 0 Å². The maximum absolute atomic E-state index is 4.82. The number of benzene rings is 1. The first-order valence-corrected chi connectivity index (χ1v) is 12.2. The molecular formula is C27H41N5. The van der Waals surface area contributed by atoms with Gasteiger partial charge in [-0.25, -0.2) is 4.99 Å². The largest absolute Gasteiger partial charge is 0.383 e. The molecule has 1 aromatic carbocycles. The molecule has 5 nitrogen and oxygen atoms in total. The highest BCUT2D eigenvalue weighted by Gasteiger charge is 2.19. The molecule has 32 heavy (non-hydrogen) atoms. The average Bonchev–Trinajstić information content (AvgIpc) is 2.75. The second-order valence-electron chi connectivity index (χ2n) is 9.80. The van der Waals surface area contributed by atoms with E-state index in [1.54, 1.807) is 0 Å². The molecule has 5 heteroatoms. The van der Waals surface area contributed by atoms with E-state index in [2.05, 4.69) is 78.9 Å². The van der Waals surface area contributed by atoms with Crippen molar-refractivity contribution in [2.24, 2.45) is 21.8 Å². The third-order valence-corrected chi connectivity index (χ3v) is 6.28. The highest BCUT2D eigenvalue weighted by molar-refractivity contribution is 6.07. The van der Waals surface area contributed by atoms with Crippen LogP contribution in [0.2, 0.25) is 0 Å². The van der Waals surface area contributed by atoms with E-state index in [1.165, 1.54) is 30.4 Å². The molecule has 3 rings (SSSR count). The first-order chi connectivity index (χ1) is 15.4. The number of nitrogens with one attached hydrogen (secondary N) is 2. The molecular weight excluding hydrogens is 394 g/mol. The molecule has 1 heterocycles. The molecule has 2 N–H and O–H groups in total. The predicted octanol–water partition coefficient (Wildman–Crippen LogP) is 4.57. The minimum absolute atomic E-state index is 0.492. The van der Waals surface area contributed by atoms with Crippen LogP contribution in [0.25, 0.3) is 0 Å². The van der Waals surface area contributed by atoms with Gasteiger partial charge in [0.1, 0.15) is 5.82 Å². The molecule has 0 bridgehead atoms. The zero-order chi connectivity index (χ0) is 22.9. The molecule has 2 aliphatic rings. The SMILES string of the molecule is C=N/C(=C\C(=N/CC(C)C)C(=C)NCC(C)CN1CCc2ccccc2C1)NC1CCC1. The summed E-state index contributed by atoms with van der Waals surface area (Å²) >= 11 is 0. The van der Waals surface area contributed by atoms with Crippen LogP contribution in [0.1, 0.15) is 51.2 Å². The normalized spacial score (nSPS) is 18.6. The molecule has 1 aromatic rings. The number of aliphatic imine (C=N–C) groups is 2. The topological polar surface area (TPSA) is 52.0 Å². The van der Waals surface area contributed by atoms with Crippen molar-refractivity contribution in [3.05, 3.63) is 59.6 Å². The van der Waals surface area contributed by atoms with Gasteiger partial charge in [-0.3, -0.25) is 9.89 Å². The maximum Gasteiger partial charge on any atom is 0.127 e. The first-order valence-electron chi connectivity index (χ1n) is 12.2. The highest BCUT2D eigenvalue weighted by Crippen LogP contribution is 2.20. The lowest BCUT2D eigenvalue weighted by atomic mass is 9.93. The Bertz CT molecular complexity index is 834. The van der Waals surface area contributed by atoms with Gasteiger partial charge in [0, 0.05) is 44.8 Å². The van der Waals surface area contributed by atoms with Crippen LogP contribution in [-0.4, -0.2) is 49.5 Å². The van der Waals surface area contributed by atoms with Gasteiger partial charge in [0.25, 0.3) is 0 Å². The van der Waals surface area contributed by atoms with Gasteiger partial charge in [-0.05, 0) is 55.4 Å². The van der Waals surface area contributed by atoms with E-state index in [-0.39, 0.29) is 0 Å². The van der Waals surface area contributed by atoms with Crippen LogP contribution in [0.3, 0.4) is 0 Å². The van der Waals surface area contributed by atoms with Crippen molar-refractivity contribution in [2.75, 3.05) is 26.2 Å². The van der Waals surface area contributed by atoms with Gasteiger partial charge in [0.15, 0.2) is 0 Å². The molecule has 1 atom stereocenters. The van der Waals surface area contributed by atoms with Gasteiger partial charge in [-0.2, -0.15) is 0 Å². The Morgan fingerprint density at radius 2 is 1.97 bits per heavy atom. The fourth-order valence-corrected chi connectivity index (χ4v) is 4.14. The van der Waals surface area contributed by atoms with Crippen molar-refractivity contribution < 1.29 is 0 Å². The lowest BCUT2D eigenvalue weighted by Gasteiger charge is -2.31. The van der Waals surface area contributed by atoms with Gasteiger partial charge in [-0.1, -0.05) is 51.6 Å². The van der Waals surface area contributed by atoms with Crippen molar-refractivity contribution >= 4 is 12.4 Å². The number of hydrogen-bond donors (Lipinski definition) is 2. The summed E-state index contributed by atoms with van der Waals surface area (Å²) < 4.78 is 0. The molecule has 0 saturated heterocycles. The molecule has 1 saturated carbocycles. The Morgan fingerprint density at radius 1 is 1.22 bits per heavy atom. The molecule has 0 spiro atoms. The summed E-state index contributed by atoms with van der Waals surface area (Å²) in [7, 11) is 0. The Morgan fingerprint density at radius 3 is 2.62 bits per heavy atom. The van der Waals surface area contributed by atoms with Gasteiger partial charge >= 0.3 is 0 Å². The summed E-state index contributed by atoms with van der Waals surface area (Å²) in [6.07, 6.45) is 6.82. The van der Waals surface area contributed by atoms with Crippen LogP contribution in [-0.2, 0) is 13.0 Å². The van der Waals surface area contributed by atoms with E-state index in [4.69, 9.17) is 4.99 Å². The van der Waals surface area contributed by atoms with Crippen LogP contribution in [0.15, 0.2) is 58.4 Å². The van der Waals surface area contributed by atoms with E-state index in [0.29, 0.717) is 17.9 Å². The molecule has 0 amide bonds. The van der Waals surface area contributed by atoms with Crippen molar-refractivity contribution in [2.45, 2.75) is 59.0 Å². The minimum Gasteiger partial charge on any atom is -0.383 e. The minimum atomic E-state index is 0.492. The average molecular weight is 436 g/mol. The van der Waals surface area contributed by atoms with E-state index < -0.39 is 0 Å². The molecule has 1 unspecified atom stereocenters. The maximum atomic E-state index is 4.82. The Hall–Kier alpha value is -2.40. The lowest BCUT2D eigenvalue weighted by Crippen LogP contribution is -2.37. The summed E-state index contributed by atoms with van der Waals surface area (Å²) in [5.74, 6) is 1.80. The van der Waals surface area contributed by atoms with E-state index in [1.807, 2.05) is 6.08 Å². The van der Waals surface area contributed by atoms with Crippen molar-refractivity contribution in [1.29, 1.82) is 0 Å². The fourth-order valence-electron chi connectivity index (χ4n) is 4.14. The first kappa shape index (κ1) is 24.2. The van der Waals surface area contributed by atoms with Crippen LogP contribution in [0.5, 0.6) is 0 Å². The number of nitrogens with zero attached hydrogens (tertiary/aromatic N) is 3. The van der Waals surface area contributed by atoms with Crippen molar-refractivity contribution in [3.8, 4) is 0 Å². The van der Waals surface area contributed by atoms with Gasteiger partial charge in [0.2, 0.25) is 0 Å². The standard InChI is InChI=1S/C27H41N5/c1-20(2)16-30-26(15-27(28-5)31-25-11-8-12-25)22(4)29-17-21(3)18-32-14-13-23-9-6-7-10-24(23)19-32/h6-7,9-10,15,20-21,25,29,31H,4-5,8,11-14,16-19H2,1-3H3/b27-15+,30-26+. The molecule has 0 aromatic heterocycles. The summed E-state index contributed by atoms with van der Waals surface area (Å²) in [6, 6.07) is 9.33. The summed E-state index contributed by atoms with van der Waals surface area (Å²) in [6.45, 7) is 19.6. The quantitative estimate of drug-likeness (QED) is 0.473. The number of fused-ring (bicyclic) bond motifs is 1. The summed E-state index contributed by atoms with van der Waals surface area (Å²) in [4.78, 5) is 11.6. The van der Waals surface area contributed by atoms with E-state index >= 15 is 0 Å². The van der Waals surface area contributed by atoms with Crippen LogP contribution in [0, 0.1) is 11.8 Å². The third kappa shape index (κ3) is 7.33. The zero-order valence-corrected chi connectivity index (χ0v) is 20.2. The van der Waals surface area contributed by atoms with Gasteiger partial charge < -0.3 is 10.6 Å².